The van der Waals surface area contributed by atoms with Gasteiger partial charge < -0.3 is 5.11 Å². The molecule has 7 heteroatoms. The molecule has 2 rings (SSSR count). The first kappa shape index (κ1) is 14.3. The smallest absolute Gasteiger partial charge is 0.383 e. The Morgan fingerprint density at radius 1 is 1.37 bits per heavy atom. The van der Waals surface area contributed by atoms with E-state index >= 15 is 0 Å². The maximum Gasteiger partial charge on any atom is 0.443 e. The molecule has 102 valence electrons. The molecule has 0 aliphatic heterocycles. The van der Waals surface area contributed by atoms with Crippen molar-refractivity contribution < 1.29 is 18.3 Å². The van der Waals surface area contributed by atoms with E-state index in [0.29, 0.717) is 27.5 Å². The molecule has 0 aliphatic carbocycles. The van der Waals surface area contributed by atoms with Crippen molar-refractivity contribution in [3.8, 4) is 0 Å². The maximum absolute atomic E-state index is 12.5. The Morgan fingerprint density at radius 3 is 2.63 bits per heavy atom. The Labute approximate surface area is 116 Å². The minimum atomic E-state index is -4.49. The summed E-state index contributed by atoms with van der Waals surface area (Å²) in [4.78, 5) is 3.42. The van der Waals surface area contributed by atoms with Crippen LogP contribution >= 0.6 is 22.9 Å². The van der Waals surface area contributed by atoms with Crippen LogP contribution in [0.3, 0.4) is 0 Å². The van der Waals surface area contributed by atoms with Gasteiger partial charge in [-0.2, -0.15) is 13.2 Å². The lowest BCUT2D eigenvalue weighted by molar-refractivity contribution is -0.137. The molecule has 0 spiro atoms. The molecular formula is C12H9ClF3NOS. The topological polar surface area (TPSA) is 33.1 Å². The van der Waals surface area contributed by atoms with Gasteiger partial charge in [-0.25, -0.2) is 4.98 Å². The van der Waals surface area contributed by atoms with Crippen LogP contribution in [-0.4, -0.2) is 10.1 Å². The second-order valence-corrected chi connectivity index (χ2v) is 5.39. The number of hydrogen-bond donors (Lipinski definition) is 1. The molecule has 1 unspecified atom stereocenters. The minimum absolute atomic E-state index is 0.137. The third kappa shape index (κ3) is 2.91. The number of thiazole rings is 1. The molecule has 0 saturated heterocycles. The standard InChI is InChI=1S/C12H9ClF3NOS/c1-6-7(3-2-4-8(6)13)10(18)9-5-17-11(19-9)12(14,15)16/h2-5,10,18H,1H3. The van der Waals surface area contributed by atoms with Crippen molar-refractivity contribution in [2.45, 2.75) is 19.2 Å². The zero-order valence-electron chi connectivity index (χ0n) is 9.70. The fourth-order valence-electron chi connectivity index (χ4n) is 1.62. The Morgan fingerprint density at radius 2 is 2.05 bits per heavy atom. The molecule has 0 fully saturated rings. The average Bonchev–Trinajstić information content (AvgIpc) is 2.81. The molecular weight excluding hydrogens is 299 g/mol. The first-order chi connectivity index (χ1) is 8.80. The molecule has 0 saturated carbocycles. The van der Waals surface area contributed by atoms with Gasteiger partial charge in [0.15, 0.2) is 5.01 Å². The van der Waals surface area contributed by atoms with E-state index in [1.165, 1.54) is 0 Å². The van der Waals surface area contributed by atoms with Crippen molar-refractivity contribution in [1.29, 1.82) is 0 Å². The Kier molecular flexibility index (Phi) is 3.85. The number of alkyl halides is 3. The van der Waals surface area contributed by atoms with Crippen LogP contribution in [-0.2, 0) is 6.18 Å². The third-order valence-corrected chi connectivity index (χ3v) is 4.14. The summed E-state index contributed by atoms with van der Waals surface area (Å²) in [6.07, 6.45) is -4.61. The fraction of sp³-hybridized carbons (Fsp3) is 0.250. The maximum atomic E-state index is 12.5. The van der Waals surface area contributed by atoms with Gasteiger partial charge in [-0.15, -0.1) is 11.3 Å². The largest absolute Gasteiger partial charge is 0.443 e. The van der Waals surface area contributed by atoms with Gasteiger partial charge in [0.1, 0.15) is 6.10 Å². The Hall–Kier alpha value is -1.11. The third-order valence-electron chi connectivity index (χ3n) is 2.64. The van der Waals surface area contributed by atoms with Crippen molar-refractivity contribution in [2.75, 3.05) is 0 Å². The Balaban J connectivity index is 2.37. The molecule has 2 aromatic rings. The minimum Gasteiger partial charge on any atom is -0.383 e. The molecule has 0 radical (unpaired) electrons. The van der Waals surface area contributed by atoms with E-state index in [1.807, 2.05) is 0 Å². The van der Waals surface area contributed by atoms with Crippen molar-refractivity contribution in [2.24, 2.45) is 0 Å². The van der Waals surface area contributed by atoms with Gasteiger partial charge in [0.2, 0.25) is 0 Å². The van der Waals surface area contributed by atoms with Crippen LogP contribution in [0.1, 0.15) is 27.1 Å². The molecule has 1 heterocycles. The normalized spacial score (nSPS) is 13.6. The quantitative estimate of drug-likeness (QED) is 0.901. The molecule has 2 nitrogen and oxygen atoms in total. The summed E-state index contributed by atoms with van der Waals surface area (Å²) in [5, 5.41) is 9.61. The summed E-state index contributed by atoms with van der Waals surface area (Å²) in [5.41, 5.74) is 1.11. The van der Waals surface area contributed by atoms with Crippen LogP contribution in [0.4, 0.5) is 13.2 Å². The lowest BCUT2D eigenvalue weighted by Gasteiger charge is -2.12. The molecule has 0 aliphatic rings. The molecule has 1 aromatic heterocycles. The van der Waals surface area contributed by atoms with Crippen LogP contribution < -0.4 is 0 Å². The monoisotopic (exact) mass is 307 g/mol. The molecule has 19 heavy (non-hydrogen) atoms. The van der Waals surface area contributed by atoms with Crippen molar-refractivity contribution in [3.05, 3.63) is 50.4 Å². The van der Waals surface area contributed by atoms with Gasteiger partial charge in [-0.05, 0) is 24.1 Å². The van der Waals surface area contributed by atoms with E-state index in [-0.39, 0.29) is 4.88 Å². The van der Waals surface area contributed by atoms with Gasteiger partial charge in [-0.1, -0.05) is 23.7 Å². The van der Waals surface area contributed by atoms with E-state index in [4.69, 9.17) is 11.6 Å². The van der Waals surface area contributed by atoms with E-state index in [1.54, 1.807) is 25.1 Å². The number of nitrogens with zero attached hydrogens (tertiary/aromatic N) is 1. The first-order valence-electron chi connectivity index (χ1n) is 5.26. The SMILES string of the molecule is Cc1c(Cl)cccc1C(O)c1cnc(C(F)(F)F)s1. The Bertz CT molecular complexity index is 597. The number of aliphatic hydroxyl groups is 1. The number of hydrogen-bond acceptors (Lipinski definition) is 3. The highest BCUT2D eigenvalue weighted by Crippen LogP contribution is 2.37. The number of aliphatic hydroxyl groups excluding tert-OH is 1. The molecule has 0 bridgehead atoms. The lowest BCUT2D eigenvalue weighted by Crippen LogP contribution is -2.03. The first-order valence-corrected chi connectivity index (χ1v) is 6.46. The van der Waals surface area contributed by atoms with Crippen LogP contribution in [0, 0.1) is 6.92 Å². The zero-order chi connectivity index (χ0) is 14.2. The second-order valence-electron chi connectivity index (χ2n) is 3.92. The summed E-state index contributed by atoms with van der Waals surface area (Å²) in [5.74, 6) is 0. The van der Waals surface area contributed by atoms with Crippen molar-refractivity contribution >= 4 is 22.9 Å². The summed E-state index contributed by atoms with van der Waals surface area (Å²) >= 11 is 6.35. The summed E-state index contributed by atoms with van der Waals surface area (Å²) < 4.78 is 37.4. The van der Waals surface area contributed by atoms with Crippen LogP contribution in [0.25, 0.3) is 0 Å². The highest BCUT2D eigenvalue weighted by Gasteiger charge is 2.35. The number of aromatic nitrogens is 1. The van der Waals surface area contributed by atoms with Gasteiger partial charge in [0, 0.05) is 11.2 Å². The van der Waals surface area contributed by atoms with Crippen LogP contribution in [0.15, 0.2) is 24.4 Å². The second kappa shape index (κ2) is 5.11. The summed E-state index contributed by atoms with van der Waals surface area (Å²) in [6, 6.07) is 4.92. The highest BCUT2D eigenvalue weighted by molar-refractivity contribution is 7.11. The number of halogens is 4. The number of benzene rings is 1. The van der Waals surface area contributed by atoms with Gasteiger partial charge in [0.25, 0.3) is 0 Å². The molecule has 0 amide bonds. The van der Waals surface area contributed by atoms with Crippen LogP contribution in [0.5, 0.6) is 0 Å². The van der Waals surface area contributed by atoms with Gasteiger partial charge in [0.05, 0.1) is 4.88 Å². The van der Waals surface area contributed by atoms with Gasteiger partial charge >= 0.3 is 6.18 Å². The predicted octanol–water partition coefficient (Wildman–Crippen LogP) is 4.21. The van der Waals surface area contributed by atoms with Gasteiger partial charge in [-0.3, -0.25) is 0 Å². The van der Waals surface area contributed by atoms with E-state index in [0.717, 1.165) is 6.20 Å². The van der Waals surface area contributed by atoms with Crippen LogP contribution in [0.2, 0.25) is 5.02 Å². The molecule has 1 aromatic carbocycles. The van der Waals surface area contributed by atoms with E-state index in [9.17, 15) is 18.3 Å². The summed E-state index contributed by atoms with van der Waals surface area (Å²) in [7, 11) is 0. The average molecular weight is 308 g/mol. The zero-order valence-corrected chi connectivity index (χ0v) is 11.3. The lowest BCUT2D eigenvalue weighted by atomic mass is 10.0. The number of rotatable bonds is 2. The summed E-state index contributed by atoms with van der Waals surface area (Å²) in [6.45, 7) is 1.70. The van der Waals surface area contributed by atoms with Crippen molar-refractivity contribution in [1.82, 2.24) is 4.98 Å². The predicted molar refractivity (Wildman–Crippen MR) is 67.4 cm³/mol. The molecule has 1 atom stereocenters. The highest BCUT2D eigenvalue weighted by atomic mass is 35.5. The fourth-order valence-corrected chi connectivity index (χ4v) is 2.59. The van der Waals surface area contributed by atoms with Crippen molar-refractivity contribution in [3.63, 3.8) is 0 Å². The van der Waals surface area contributed by atoms with E-state index < -0.39 is 17.3 Å². The van der Waals surface area contributed by atoms with E-state index in [2.05, 4.69) is 4.98 Å². The molecule has 1 N–H and O–H groups in total.